The lowest BCUT2D eigenvalue weighted by molar-refractivity contribution is -0.935. The number of thiocarbonyl (C=S) groups is 1. The third kappa shape index (κ3) is 6.81. The average Bonchev–Trinajstić information content (AvgIpc) is 2.61. The van der Waals surface area contributed by atoms with E-state index in [-0.39, 0.29) is 6.10 Å². The number of hydrogen-bond acceptors (Lipinski definition) is 3. The third-order valence-corrected chi connectivity index (χ3v) is 7.28. The number of quaternary nitrogens is 1. The first-order valence-electron chi connectivity index (χ1n) is 10.1. The van der Waals surface area contributed by atoms with Gasteiger partial charge < -0.3 is 14.5 Å². The molecular formula is C19H37N2OS2+. The summed E-state index contributed by atoms with van der Waals surface area (Å²) in [6, 6.07) is 0. The summed E-state index contributed by atoms with van der Waals surface area (Å²) >= 11 is 7.29. The van der Waals surface area contributed by atoms with Gasteiger partial charge in [0.2, 0.25) is 0 Å². The number of hydrogen-bond donors (Lipinski definition) is 1. The fourth-order valence-electron chi connectivity index (χ4n) is 4.21. The van der Waals surface area contributed by atoms with Gasteiger partial charge in [-0.25, -0.2) is 0 Å². The van der Waals surface area contributed by atoms with Crippen LogP contribution < -0.4 is 0 Å². The first kappa shape index (κ1) is 20.5. The van der Waals surface area contributed by atoms with Crippen molar-refractivity contribution in [1.82, 2.24) is 4.90 Å². The zero-order valence-corrected chi connectivity index (χ0v) is 17.2. The molecule has 1 unspecified atom stereocenters. The highest BCUT2D eigenvalue weighted by molar-refractivity contribution is 8.22. The number of likely N-dealkylation sites (tertiary alicyclic amines) is 2. The first-order chi connectivity index (χ1) is 11.7. The summed E-state index contributed by atoms with van der Waals surface area (Å²) in [4.78, 5) is 2.34. The molecule has 2 fully saturated rings. The lowest BCUT2D eigenvalue weighted by atomic mass is 10.0. The predicted molar refractivity (Wildman–Crippen MR) is 110 cm³/mol. The van der Waals surface area contributed by atoms with Crippen LogP contribution in [-0.2, 0) is 0 Å². The summed E-state index contributed by atoms with van der Waals surface area (Å²) < 4.78 is 2.16. The topological polar surface area (TPSA) is 23.5 Å². The molecule has 0 radical (unpaired) electrons. The summed E-state index contributed by atoms with van der Waals surface area (Å²) in [6.45, 7) is 9.21. The molecule has 5 heteroatoms. The molecule has 1 N–H and O–H groups in total. The molecule has 0 aromatic heterocycles. The molecule has 2 aliphatic rings. The number of aliphatic hydroxyl groups is 1. The molecule has 1 atom stereocenters. The van der Waals surface area contributed by atoms with Crippen molar-refractivity contribution in [1.29, 1.82) is 0 Å². The zero-order valence-electron chi connectivity index (χ0n) is 15.5. The summed E-state index contributed by atoms with van der Waals surface area (Å²) in [5.41, 5.74) is 0. The Balaban J connectivity index is 1.76. The lowest BCUT2D eigenvalue weighted by Crippen LogP contribution is -2.56. The van der Waals surface area contributed by atoms with Crippen molar-refractivity contribution in [3.8, 4) is 0 Å². The molecule has 24 heavy (non-hydrogen) atoms. The van der Waals surface area contributed by atoms with Gasteiger partial charge in [0.05, 0.1) is 19.6 Å². The molecule has 2 heterocycles. The number of aliphatic hydroxyl groups excluding tert-OH is 1. The van der Waals surface area contributed by atoms with Crippen LogP contribution in [-0.4, -0.2) is 69.9 Å². The molecule has 3 nitrogen and oxygen atoms in total. The van der Waals surface area contributed by atoms with Gasteiger partial charge in [-0.1, -0.05) is 37.3 Å². The molecule has 0 spiro atoms. The number of thioether (sulfide) groups is 1. The maximum absolute atomic E-state index is 10.7. The van der Waals surface area contributed by atoms with Crippen LogP contribution in [0.3, 0.4) is 0 Å². The van der Waals surface area contributed by atoms with E-state index in [1.807, 2.05) is 0 Å². The first-order valence-corrected chi connectivity index (χ1v) is 11.5. The fourth-order valence-corrected chi connectivity index (χ4v) is 5.40. The molecule has 2 aliphatic heterocycles. The lowest BCUT2D eigenvalue weighted by Gasteiger charge is -2.43. The minimum atomic E-state index is -0.225. The largest absolute Gasteiger partial charge is 0.386 e. The number of rotatable bonds is 8. The van der Waals surface area contributed by atoms with Crippen molar-refractivity contribution in [2.45, 2.75) is 70.8 Å². The van der Waals surface area contributed by atoms with Gasteiger partial charge in [-0.15, -0.1) is 0 Å². The van der Waals surface area contributed by atoms with Gasteiger partial charge in [0.1, 0.15) is 17.0 Å². The second-order valence-corrected chi connectivity index (χ2v) is 9.40. The monoisotopic (exact) mass is 373 g/mol. The molecule has 0 aromatic carbocycles. The maximum atomic E-state index is 10.7. The van der Waals surface area contributed by atoms with E-state index in [2.05, 4.69) is 11.8 Å². The van der Waals surface area contributed by atoms with Crippen molar-refractivity contribution >= 4 is 28.3 Å². The normalized spacial score (nSPS) is 22.3. The van der Waals surface area contributed by atoms with Gasteiger partial charge in [-0.3, -0.25) is 0 Å². The Labute approximate surface area is 158 Å². The van der Waals surface area contributed by atoms with E-state index < -0.39 is 0 Å². The summed E-state index contributed by atoms with van der Waals surface area (Å²) in [6.07, 6.45) is 11.6. The summed E-state index contributed by atoms with van der Waals surface area (Å²) in [5, 5.41) is 10.7. The Morgan fingerprint density at radius 1 is 1.08 bits per heavy atom. The van der Waals surface area contributed by atoms with Crippen LogP contribution in [0, 0.1) is 0 Å². The van der Waals surface area contributed by atoms with Crippen molar-refractivity contribution < 1.29 is 9.59 Å². The van der Waals surface area contributed by atoms with Crippen LogP contribution in [0.25, 0.3) is 0 Å². The van der Waals surface area contributed by atoms with Gasteiger partial charge >= 0.3 is 0 Å². The minimum Gasteiger partial charge on any atom is -0.386 e. The van der Waals surface area contributed by atoms with E-state index in [0.29, 0.717) is 0 Å². The maximum Gasteiger partial charge on any atom is 0.136 e. The van der Waals surface area contributed by atoms with Crippen LogP contribution in [0.15, 0.2) is 0 Å². The van der Waals surface area contributed by atoms with E-state index in [9.17, 15) is 5.11 Å². The van der Waals surface area contributed by atoms with E-state index in [1.165, 1.54) is 77.4 Å². The Morgan fingerprint density at radius 3 is 2.42 bits per heavy atom. The quantitative estimate of drug-likeness (QED) is 0.394. The van der Waals surface area contributed by atoms with E-state index in [0.717, 1.165) is 34.2 Å². The standard InChI is InChI=1S/C19H37N2OS2/c1-2-3-8-13-21(14-9-5-10-15-21)16-18(22)17-24-19(23)20-11-6-4-7-12-20/h18,22H,2-17H2,1H3/q+1. The van der Waals surface area contributed by atoms with Gasteiger partial charge in [0.15, 0.2) is 0 Å². The SMILES string of the molecule is CCCCC[N+]1(CC(O)CSC(=S)N2CCCCC2)CCCCC1. The second kappa shape index (κ2) is 11.0. The van der Waals surface area contributed by atoms with Crippen molar-refractivity contribution in [2.75, 3.05) is 45.0 Å². The second-order valence-electron chi connectivity index (χ2n) is 7.74. The predicted octanol–water partition coefficient (Wildman–Crippen LogP) is 4.04. The van der Waals surface area contributed by atoms with Crippen molar-refractivity contribution in [3.63, 3.8) is 0 Å². The number of nitrogens with zero attached hydrogens (tertiary/aromatic N) is 2. The Kier molecular flexibility index (Phi) is 9.38. The summed E-state index contributed by atoms with van der Waals surface area (Å²) in [7, 11) is 0. The Bertz CT molecular complexity index is 366. The van der Waals surface area contributed by atoms with Crippen molar-refractivity contribution in [3.05, 3.63) is 0 Å². The summed E-state index contributed by atoms with van der Waals surface area (Å²) in [5.74, 6) is 0.767. The van der Waals surface area contributed by atoms with Gasteiger partial charge in [0.25, 0.3) is 0 Å². The minimum absolute atomic E-state index is 0.225. The van der Waals surface area contributed by atoms with Crippen LogP contribution in [0.5, 0.6) is 0 Å². The highest BCUT2D eigenvalue weighted by Gasteiger charge is 2.32. The molecule has 0 amide bonds. The smallest absolute Gasteiger partial charge is 0.136 e. The van der Waals surface area contributed by atoms with E-state index in [1.54, 1.807) is 11.8 Å². The molecule has 0 aliphatic carbocycles. The molecule has 140 valence electrons. The van der Waals surface area contributed by atoms with Crippen LogP contribution >= 0.6 is 24.0 Å². The average molecular weight is 374 g/mol. The number of piperidine rings is 2. The Hall–Kier alpha value is 0.160. The molecule has 0 bridgehead atoms. The Morgan fingerprint density at radius 2 is 1.75 bits per heavy atom. The van der Waals surface area contributed by atoms with Crippen LogP contribution in [0.2, 0.25) is 0 Å². The van der Waals surface area contributed by atoms with Crippen LogP contribution in [0.1, 0.15) is 64.7 Å². The molecular weight excluding hydrogens is 336 g/mol. The van der Waals surface area contributed by atoms with E-state index in [4.69, 9.17) is 12.2 Å². The molecule has 2 rings (SSSR count). The highest BCUT2D eigenvalue weighted by atomic mass is 32.2. The van der Waals surface area contributed by atoms with Crippen LogP contribution in [0.4, 0.5) is 0 Å². The third-order valence-electron chi connectivity index (χ3n) is 5.61. The van der Waals surface area contributed by atoms with Gasteiger partial charge in [0, 0.05) is 18.8 Å². The van der Waals surface area contributed by atoms with Crippen molar-refractivity contribution in [2.24, 2.45) is 0 Å². The fraction of sp³-hybridized carbons (Fsp3) is 0.947. The molecule has 0 aromatic rings. The van der Waals surface area contributed by atoms with Gasteiger partial charge in [-0.05, 0) is 51.4 Å². The van der Waals surface area contributed by atoms with E-state index >= 15 is 0 Å². The zero-order chi connectivity index (χ0) is 17.3. The highest BCUT2D eigenvalue weighted by Crippen LogP contribution is 2.23. The number of unbranched alkanes of at least 4 members (excludes halogenated alkanes) is 2. The molecule has 2 saturated heterocycles. The van der Waals surface area contributed by atoms with Gasteiger partial charge in [-0.2, -0.15) is 0 Å². The molecule has 0 saturated carbocycles.